The Morgan fingerprint density at radius 1 is 1.03 bits per heavy atom. The van der Waals surface area contributed by atoms with Crippen LogP contribution in [0.15, 0.2) is 36.5 Å². The number of hydrogen-bond acceptors (Lipinski definition) is 5. The van der Waals surface area contributed by atoms with Crippen molar-refractivity contribution in [2.24, 2.45) is 0 Å². The van der Waals surface area contributed by atoms with Crippen LogP contribution in [0.5, 0.6) is 6.01 Å². The van der Waals surface area contributed by atoms with Gasteiger partial charge in [0, 0.05) is 19.3 Å². The highest BCUT2D eigenvalue weighted by atomic mass is 16.5. The highest BCUT2D eigenvalue weighted by Crippen LogP contribution is 2.24. The normalized spacial score (nSPS) is 15.8. The third kappa shape index (κ3) is 4.70. The van der Waals surface area contributed by atoms with E-state index < -0.39 is 0 Å². The first-order valence-corrected chi connectivity index (χ1v) is 10.7. The molecule has 1 fully saturated rings. The number of ether oxygens (including phenoxy) is 1. The molecule has 2 N–H and O–H groups in total. The first kappa shape index (κ1) is 19.7. The highest BCUT2D eigenvalue weighted by Gasteiger charge is 2.14. The van der Waals surface area contributed by atoms with Crippen LogP contribution in [0.1, 0.15) is 50.7 Å². The largest absolute Gasteiger partial charge is 0.460 e. The zero-order valence-corrected chi connectivity index (χ0v) is 17.5. The molecule has 0 aliphatic carbocycles. The van der Waals surface area contributed by atoms with Crippen molar-refractivity contribution < 1.29 is 4.74 Å². The van der Waals surface area contributed by atoms with Gasteiger partial charge in [-0.25, -0.2) is 0 Å². The second kappa shape index (κ2) is 8.82. The molecule has 0 saturated carbocycles. The lowest BCUT2D eigenvalue weighted by Gasteiger charge is -2.15. The van der Waals surface area contributed by atoms with Gasteiger partial charge in [-0.3, -0.25) is 4.90 Å². The lowest BCUT2D eigenvalue weighted by atomic mass is 10.1. The molecule has 3 aromatic rings. The number of rotatable bonds is 8. The lowest BCUT2D eigenvalue weighted by Crippen LogP contribution is -2.18. The van der Waals surface area contributed by atoms with Crippen molar-refractivity contribution in [1.82, 2.24) is 19.4 Å². The first-order chi connectivity index (χ1) is 14.1. The molecule has 1 saturated heterocycles. The summed E-state index contributed by atoms with van der Waals surface area (Å²) in [6, 6.07) is 11.2. The maximum Gasteiger partial charge on any atom is 0.320 e. The summed E-state index contributed by atoms with van der Waals surface area (Å²) < 4.78 is 7.99. The number of anilines is 1. The summed E-state index contributed by atoms with van der Waals surface area (Å²) in [4.78, 5) is 11.5. The standard InChI is InChI=1S/C23H31N5O/c1-3-6-17(2)29-23-25-21(24)20-11-14-28(22(20)26-23)16-19-9-7-18(8-10-19)15-27-12-4-5-13-27/h7-11,14,17H,3-6,12-13,15-16H2,1-2H3,(H2,24,25,26)/t17-/m0/s1. The van der Waals surface area contributed by atoms with E-state index >= 15 is 0 Å². The van der Waals surface area contributed by atoms with Gasteiger partial charge < -0.3 is 15.0 Å². The van der Waals surface area contributed by atoms with Gasteiger partial charge in [0.1, 0.15) is 11.5 Å². The zero-order valence-electron chi connectivity index (χ0n) is 17.5. The second-order valence-corrected chi connectivity index (χ2v) is 8.09. The number of nitrogens with two attached hydrogens (primary N) is 1. The third-order valence-electron chi connectivity index (χ3n) is 5.61. The molecule has 0 amide bonds. The van der Waals surface area contributed by atoms with E-state index in [1.807, 2.05) is 19.2 Å². The number of fused-ring (bicyclic) bond motifs is 1. The van der Waals surface area contributed by atoms with E-state index in [1.165, 1.54) is 37.1 Å². The summed E-state index contributed by atoms with van der Waals surface area (Å²) in [6.07, 6.45) is 6.77. The number of nitrogen functional groups attached to an aromatic ring is 1. The fraction of sp³-hybridized carbons (Fsp3) is 0.478. The van der Waals surface area contributed by atoms with E-state index in [9.17, 15) is 0 Å². The minimum atomic E-state index is 0.0726. The van der Waals surface area contributed by atoms with Gasteiger partial charge in [-0.15, -0.1) is 0 Å². The predicted octanol–water partition coefficient (Wildman–Crippen LogP) is 4.23. The average molecular weight is 394 g/mol. The second-order valence-electron chi connectivity index (χ2n) is 8.09. The van der Waals surface area contributed by atoms with Crippen LogP contribution in [-0.2, 0) is 13.1 Å². The van der Waals surface area contributed by atoms with Crippen molar-refractivity contribution in [1.29, 1.82) is 0 Å². The maximum absolute atomic E-state index is 6.16. The minimum absolute atomic E-state index is 0.0726. The van der Waals surface area contributed by atoms with Crippen LogP contribution in [0, 0.1) is 0 Å². The van der Waals surface area contributed by atoms with Crippen LogP contribution in [-0.4, -0.2) is 38.6 Å². The van der Waals surface area contributed by atoms with Crippen molar-refractivity contribution in [3.63, 3.8) is 0 Å². The van der Waals surface area contributed by atoms with Gasteiger partial charge in [0.05, 0.1) is 11.5 Å². The summed E-state index contributed by atoms with van der Waals surface area (Å²) in [5.41, 5.74) is 9.60. The Bertz CT molecular complexity index is 944. The van der Waals surface area contributed by atoms with E-state index in [1.54, 1.807) is 0 Å². The van der Waals surface area contributed by atoms with Crippen LogP contribution in [0.25, 0.3) is 11.0 Å². The molecule has 0 spiro atoms. The molecule has 29 heavy (non-hydrogen) atoms. The molecular formula is C23H31N5O. The Kier molecular flexibility index (Phi) is 6.00. The molecule has 1 aliphatic rings. The van der Waals surface area contributed by atoms with Gasteiger partial charge in [-0.05, 0) is 56.5 Å². The molecule has 1 aromatic carbocycles. The van der Waals surface area contributed by atoms with Crippen LogP contribution < -0.4 is 10.5 Å². The molecule has 6 heteroatoms. The molecule has 4 rings (SSSR count). The minimum Gasteiger partial charge on any atom is -0.460 e. The SMILES string of the molecule is CCC[C@H](C)Oc1nc(N)c2ccn(Cc3ccc(CN4CCCC4)cc3)c2n1. The Morgan fingerprint density at radius 2 is 1.72 bits per heavy atom. The van der Waals surface area contributed by atoms with Crippen LogP contribution in [0.2, 0.25) is 0 Å². The van der Waals surface area contributed by atoms with Gasteiger partial charge in [-0.1, -0.05) is 37.6 Å². The van der Waals surface area contributed by atoms with Crippen LogP contribution >= 0.6 is 0 Å². The van der Waals surface area contributed by atoms with Gasteiger partial charge in [-0.2, -0.15) is 9.97 Å². The Labute approximate surface area is 172 Å². The van der Waals surface area contributed by atoms with Crippen molar-refractivity contribution in [2.45, 2.75) is 58.7 Å². The third-order valence-corrected chi connectivity index (χ3v) is 5.61. The summed E-state index contributed by atoms with van der Waals surface area (Å²) in [5.74, 6) is 0.466. The summed E-state index contributed by atoms with van der Waals surface area (Å²) >= 11 is 0. The molecule has 6 nitrogen and oxygen atoms in total. The molecule has 2 aromatic heterocycles. The number of hydrogen-bond donors (Lipinski definition) is 1. The molecule has 1 aliphatic heterocycles. The van der Waals surface area contributed by atoms with E-state index in [-0.39, 0.29) is 6.10 Å². The monoisotopic (exact) mass is 393 g/mol. The van der Waals surface area contributed by atoms with Crippen LogP contribution in [0.4, 0.5) is 5.82 Å². The van der Waals surface area contributed by atoms with E-state index in [0.717, 1.165) is 37.0 Å². The zero-order chi connectivity index (χ0) is 20.2. The molecule has 154 valence electrons. The quantitative estimate of drug-likeness (QED) is 0.620. The van der Waals surface area contributed by atoms with E-state index in [2.05, 4.69) is 50.6 Å². The van der Waals surface area contributed by atoms with Crippen molar-refractivity contribution >= 4 is 16.9 Å². The maximum atomic E-state index is 6.16. The number of benzene rings is 1. The lowest BCUT2D eigenvalue weighted by molar-refractivity contribution is 0.193. The Hall–Kier alpha value is -2.60. The number of aromatic nitrogens is 3. The van der Waals surface area contributed by atoms with E-state index in [4.69, 9.17) is 10.5 Å². The molecule has 0 radical (unpaired) electrons. The molecule has 3 heterocycles. The highest BCUT2D eigenvalue weighted by molar-refractivity contribution is 5.86. The topological polar surface area (TPSA) is 69.2 Å². The average Bonchev–Trinajstić information content (AvgIpc) is 3.34. The van der Waals surface area contributed by atoms with Gasteiger partial charge in [0.2, 0.25) is 0 Å². The van der Waals surface area contributed by atoms with Gasteiger partial charge in [0.15, 0.2) is 0 Å². The molecule has 1 atom stereocenters. The fourth-order valence-corrected chi connectivity index (χ4v) is 4.04. The molecular weight excluding hydrogens is 362 g/mol. The summed E-state index contributed by atoms with van der Waals surface area (Å²) in [5, 5.41) is 0.867. The predicted molar refractivity (Wildman–Crippen MR) is 117 cm³/mol. The summed E-state index contributed by atoms with van der Waals surface area (Å²) in [6.45, 7) is 8.41. The Balaban J connectivity index is 1.50. The van der Waals surface area contributed by atoms with Crippen molar-refractivity contribution in [3.8, 4) is 6.01 Å². The first-order valence-electron chi connectivity index (χ1n) is 10.7. The molecule has 0 bridgehead atoms. The van der Waals surface area contributed by atoms with E-state index in [0.29, 0.717) is 11.8 Å². The number of likely N-dealkylation sites (tertiary alicyclic amines) is 1. The van der Waals surface area contributed by atoms with Gasteiger partial charge in [0.25, 0.3) is 0 Å². The Morgan fingerprint density at radius 3 is 2.41 bits per heavy atom. The molecule has 0 unspecified atom stereocenters. The van der Waals surface area contributed by atoms with Crippen molar-refractivity contribution in [3.05, 3.63) is 47.7 Å². The number of nitrogens with zero attached hydrogens (tertiary/aromatic N) is 4. The summed E-state index contributed by atoms with van der Waals surface area (Å²) in [7, 11) is 0. The van der Waals surface area contributed by atoms with Crippen molar-refractivity contribution in [2.75, 3.05) is 18.8 Å². The van der Waals surface area contributed by atoms with Gasteiger partial charge >= 0.3 is 6.01 Å². The fourth-order valence-electron chi connectivity index (χ4n) is 4.04. The smallest absolute Gasteiger partial charge is 0.320 e. The van der Waals surface area contributed by atoms with Crippen LogP contribution in [0.3, 0.4) is 0 Å².